The smallest absolute Gasteiger partial charge is 0.0872 e. The van der Waals surface area contributed by atoms with Gasteiger partial charge in [-0.25, -0.2) is 0 Å². The number of thioether (sulfide) groups is 1. The maximum atomic E-state index is 10.7. The van der Waals surface area contributed by atoms with Crippen molar-refractivity contribution in [3.8, 4) is 6.07 Å². The minimum atomic E-state index is -0.460. The van der Waals surface area contributed by atoms with E-state index < -0.39 is 11.5 Å². The lowest BCUT2D eigenvalue weighted by atomic mass is 9.65. The van der Waals surface area contributed by atoms with Crippen molar-refractivity contribution < 1.29 is 5.11 Å². The first kappa shape index (κ1) is 13.2. The molecule has 96 valence electrons. The molecular formula is C14H23NOS. The van der Waals surface area contributed by atoms with Gasteiger partial charge in [-0.3, -0.25) is 0 Å². The summed E-state index contributed by atoms with van der Waals surface area (Å²) < 4.78 is 0.00532. The second-order valence-electron chi connectivity index (χ2n) is 5.81. The fourth-order valence-corrected chi connectivity index (χ4v) is 4.36. The summed E-state index contributed by atoms with van der Waals surface area (Å²) in [6.07, 6.45) is 9.08. The summed E-state index contributed by atoms with van der Waals surface area (Å²) in [6.45, 7) is 2.20. The molecule has 3 atom stereocenters. The standard InChI is InChI=1S/C14H23NOS/c1-3-11-5-4-6-13(9-11,10-15)12(16)14(17-2)7-8-14/h11-12,16H,3-9H2,1-2H3. The third kappa shape index (κ3) is 2.22. The summed E-state index contributed by atoms with van der Waals surface area (Å²) in [5.74, 6) is 0.635. The van der Waals surface area contributed by atoms with Crippen LogP contribution in [0.2, 0.25) is 0 Å². The summed E-state index contributed by atoms with van der Waals surface area (Å²) in [4.78, 5) is 0. The molecule has 0 aromatic carbocycles. The fraction of sp³-hybridized carbons (Fsp3) is 0.929. The maximum Gasteiger partial charge on any atom is 0.0872 e. The molecule has 0 saturated heterocycles. The van der Waals surface area contributed by atoms with E-state index in [1.54, 1.807) is 11.8 Å². The van der Waals surface area contributed by atoms with E-state index >= 15 is 0 Å². The van der Waals surface area contributed by atoms with Crippen molar-refractivity contribution in [3.05, 3.63) is 0 Å². The number of hydrogen-bond donors (Lipinski definition) is 1. The molecule has 2 saturated carbocycles. The Hall–Kier alpha value is -0.200. The molecule has 0 aromatic rings. The second kappa shape index (κ2) is 4.82. The van der Waals surface area contributed by atoms with E-state index in [0.29, 0.717) is 5.92 Å². The molecular weight excluding hydrogens is 230 g/mol. The Morgan fingerprint density at radius 1 is 1.47 bits per heavy atom. The largest absolute Gasteiger partial charge is 0.390 e. The van der Waals surface area contributed by atoms with Crippen molar-refractivity contribution >= 4 is 11.8 Å². The molecule has 0 aromatic heterocycles. The van der Waals surface area contributed by atoms with Crippen LogP contribution in [0.3, 0.4) is 0 Å². The average molecular weight is 253 g/mol. The zero-order valence-electron chi connectivity index (χ0n) is 10.9. The van der Waals surface area contributed by atoms with E-state index in [4.69, 9.17) is 0 Å². The highest BCUT2D eigenvalue weighted by Crippen LogP contribution is 2.57. The Balaban J connectivity index is 2.16. The molecule has 0 amide bonds. The molecule has 1 N–H and O–H groups in total. The molecule has 2 nitrogen and oxygen atoms in total. The van der Waals surface area contributed by atoms with Crippen LogP contribution in [0, 0.1) is 22.7 Å². The van der Waals surface area contributed by atoms with Crippen LogP contribution in [0.1, 0.15) is 51.9 Å². The Kier molecular flexibility index (Phi) is 3.75. The van der Waals surface area contributed by atoms with E-state index in [-0.39, 0.29) is 4.75 Å². The van der Waals surface area contributed by atoms with Crippen LogP contribution in [0.4, 0.5) is 0 Å². The van der Waals surface area contributed by atoms with Crippen molar-refractivity contribution in [2.45, 2.75) is 62.7 Å². The zero-order chi connectivity index (χ0) is 12.5. The van der Waals surface area contributed by atoms with Gasteiger partial charge < -0.3 is 5.11 Å². The third-order valence-corrected chi connectivity index (χ3v) is 6.30. The van der Waals surface area contributed by atoms with Gasteiger partial charge in [-0.1, -0.05) is 26.2 Å². The number of aliphatic hydroxyl groups is 1. The highest BCUT2D eigenvalue weighted by Gasteiger charge is 2.57. The predicted molar refractivity (Wildman–Crippen MR) is 71.8 cm³/mol. The van der Waals surface area contributed by atoms with Gasteiger partial charge in [-0.15, -0.1) is 0 Å². The SMILES string of the molecule is CCC1CCCC(C#N)(C(O)C2(SC)CC2)C1. The van der Waals surface area contributed by atoms with Gasteiger partial charge in [0.05, 0.1) is 17.6 Å². The molecule has 2 aliphatic carbocycles. The van der Waals surface area contributed by atoms with Gasteiger partial charge in [-0.2, -0.15) is 17.0 Å². The van der Waals surface area contributed by atoms with E-state index in [1.165, 1.54) is 6.42 Å². The maximum absolute atomic E-state index is 10.7. The summed E-state index contributed by atoms with van der Waals surface area (Å²) in [7, 11) is 0. The van der Waals surface area contributed by atoms with E-state index in [0.717, 1.165) is 38.5 Å². The first-order valence-corrected chi connectivity index (χ1v) is 7.99. The van der Waals surface area contributed by atoms with Gasteiger partial charge in [0.25, 0.3) is 0 Å². The van der Waals surface area contributed by atoms with Gasteiger partial charge in [0.1, 0.15) is 0 Å². The highest BCUT2D eigenvalue weighted by molar-refractivity contribution is 8.00. The molecule has 0 radical (unpaired) electrons. The van der Waals surface area contributed by atoms with Gasteiger partial charge in [0.2, 0.25) is 0 Å². The van der Waals surface area contributed by atoms with Gasteiger partial charge in [0.15, 0.2) is 0 Å². The first-order valence-electron chi connectivity index (χ1n) is 6.77. The normalized spacial score (nSPS) is 37.2. The molecule has 2 fully saturated rings. The van der Waals surface area contributed by atoms with Crippen molar-refractivity contribution in [2.75, 3.05) is 6.26 Å². The van der Waals surface area contributed by atoms with Crippen molar-refractivity contribution in [1.82, 2.24) is 0 Å². The number of hydrogen-bond acceptors (Lipinski definition) is 3. The van der Waals surface area contributed by atoms with Crippen molar-refractivity contribution in [3.63, 3.8) is 0 Å². The number of nitriles is 1. The molecule has 0 aliphatic heterocycles. The Bertz CT molecular complexity index is 321. The Morgan fingerprint density at radius 3 is 2.65 bits per heavy atom. The van der Waals surface area contributed by atoms with Crippen molar-refractivity contribution in [2.24, 2.45) is 11.3 Å². The van der Waals surface area contributed by atoms with E-state index in [9.17, 15) is 10.4 Å². The minimum Gasteiger partial charge on any atom is -0.390 e. The Morgan fingerprint density at radius 2 is 2.18 bits per heavy atom. The molecule has 0 spiro atoms. The van der Waals surface area contributed by atoms with Gasteiger partial charge in [-0.05, 0) is 37.9 Å². The summed E-state index contributed by atoms with van der Waals surface area (Å²) >= 11 is 1.76. The van der Waals surface area contributed by atoms with Crippen LogP contribution in [0.5, 0.6) is 0 Å². The molecule has 2 rings (SSSR count). The molecule has 3 unspecified atom stereocenters. The molecule has 0 heterocycles. The minimum absolute atomic E-state index is 0.00532. The van der Waals surface area contributed by atoms with E-state index in [1.807, 2.05) is 0 Å². The molecule has 0 bridgehead atoms. The van der Waals surface area contributed by atoms with Gasteiger partial charge in [0, 0.05) is 4.75 Å². The summed E-state index contributed by atoms with van der Waals surface area (Å²) in [5.41, 5.74) is -0.460. The molecule has 3 heteroatoms. The fourth-order valence-electron chi connectivity index (χ4n) is 3.40. The first-order chi connectivity index (χ1) is 8.12. The van der Waals surface area contributed by atoms with Crippen LogP contribution in [-0.2, 0) is 0 Å². The molecule has 2 aliphatic rings. The number of nitrogens with zero attached hydrogens (tertiary/aromatic N) is 1. The lowest BCUT2D eigenvalue weighted by Gasteiger charge is -2.41. The van der Waals surface area contributed by atoms with Crippen LogP contribution >= 0.6 is 11.8 Å². The molecule has 17 heavy (non-hydrogen) atoms. The summed E-state index contributed by atoms with van der Waals surface area (Å²) in [5, 5.41) is 20.3. The van der Waals surface area contributed by atoms with Crippen molar-refractivity contribution in [1.29, 1.82) is 5.26 Å². The topological polar surface area (TPSA) is 44.0 Å². The monoisotopic (exact) mass is 253 g/mol. The van der Waals surface area contributed by atoms with Crippen LogP contribution in [0.15, 0.2) is 0 Å². The average Bonchev–Trinajstić information content (AvgIpc) is 3.18. The lowest BCUT2D eigenvalue weighted by molar-refractivity contribution is 0.0138. The van der Waals surface area contributed by atoms with Crippen LogP contribution in [-0.4, -0.2) is 22.2 Å². The zero-order valence-corrected chi connectivity index (χ0v) is 11.7. The predicted octanol–water partition coefficient (Wildman–Crippen LogP) is 3.35. The Labute approximate surface area is 109 Å². The van der Waals surface area contributed by atoms with E-state index in [2.05, 4.69) is 19.2 Å². The van der Waals surface area contributed by atoms with Gasteiger partial charge >= 0.3 is 0 Å². The second-order valence-corrected chi connectivity index (χ2v) is 7.03. The van der Waals surface area contributed by atoms with Crippen LogP contribution in [0.25, 0.3) is 0 Å². The quantitative estimate of drug-likeness (QED) is 0.835. The van der Waals surface area contributed by atoms with Crippen LogP contribution < -0.4 is 0 Å². The highest BCUT2D eigenvalue weighted by atomic mass is 32.2. The number of rotatable bonds is 4. The third-order valence-electron chi connectivity index (χ3n) is 4.86. The number of aliphatic hydroxyl groups excluding tert-OH is 1. The summed E-state index contributed by atoms with van der Waals surface area (Å²) in [6, 6.07) is 2.50. The lowest BCUT2D eigenvalue weighted by Crippen LogP contribution is -2.45.